The predicted molar refractivity (Wildman–Crippen MR) is 102 cm³/mol. The summed E-state index contributed by atoms with van der Waals surface area (Å²) in [4.78, 5) is 66.3. The second kappa shape index (κ2) is 18.0. The number of ether oxygens (including phenoxy) is 5. The Bertz CT molecular complexity index is 629. The summed E-state index contributed by atoms with van der Waals surface area (Å²) in [6.07, 6.45) is -16.4. The summed E-state index contributed by atoms with van der Waals surface area (Å²) in [7, 11) is 0. The lowest BCUT2D eigenvalue weighted by molar-refractivity contribution is -0.249. The van der Waals surface area contributed by atoms with E-state index in [-0.39, 0.29) is 37.7 Å². The van der Waals surface area contributed by atoms with Crippen molar-refractivity contribution in [3.8, 4) is 0 Å². The third-order valence-electron chi connectivity index (χ3n) is 3.91. The van der Waals surface area contributed by atoms with Crippen molar-refractivity contribution in [1.29, 1.82) is 0 Å². The van der Waals surface area contributed by atoms with Crippen molar-refractivity contribution in [1.82, 2.24) is 0 Å². The molecule has 0 amide bonds. The van der Waals surface area contributed by atoms with Crippen LogP contribution >= 0.6 is 0 Å². The van der Waals surface area contributed by atoms with E-state index in [1.165, 1.54) is 0 Å². The van der Waals surface area contributed by atoms with Crippen LogP contribution in [0.5, 0.6) is 0 Å². The molecule has 0 rings (SSSR count). The van der Waals surface area contributed by atoms with Crippen LogP contribution in [0, 0.1) is 0 Å². The molecule has 0 heterocycles. The van der Waals surface area contributed by atoms with Gasteiger partial charge in [0, 0.05) is 0 Å². The number of aliphatic hydroxyl groups is 5. The number of rotatable bonds is 22. The van der Waals surface area contributed by atoms with Crippen LogP contribution in [0.2, 0.25) is 0 Å². The van der Waals surface area contributed by atoms with Gasteiger partial charge in [-0.3, -0.25) is 14.4 Å². The molecular weight excluding hydrogens is 472 g/mol. The van der Waals surface area contributed by atoms with E-state index in [2.05, 4.69) is 4.74 Å². The first-order chi connectivity index (χ1) is 16.3. The number of aliphatic hydroxyl groups excluding tert-OH is 5. The monoisotopic (exact) mass is 498 g/mol. The maximum absolute atomic E-state index is 11.4. The minimum absolute atomic E-state index is 0.00647. The first kappa shape index (κ1) is 31.6. The third-order valence-corrected chi connectivity index (χ3v) is 3.91. The summed E-state index contributed by atoms with van der Waals surface area (Å²) in [5, 5.41) is 46.4. The standard InChI is InChI=1S/C18H26O16/c19-1-10(28)11(2-20)31-17(8-26)33-14(5-23)15(6-24)34-18(9-27)32-13(4-22)12(3-21)30-16(29)7-25/h1,4-5,7-18,20-21,24,28-29H,2-3,6H2/t10-,11+,12+,13-,14-,15+,16+,17-,18+/m0/s1. The summed E-state index contributed by atoms with van der Waals surface area (Å²) in [5.41, 5.74) is 0. The molecule has 9 atom stereocenters. The van der Waals surface area contributed by atoms with Crippen molar-refractivity contribution >= 4 is 37.7 Å². The van der Waals surface area contributed by atoms with Gasteiger partial charge in [-0.15, -0.1) is 0 Å². The Kier molecular flexibility index (Phi) is 16.8. The normalized spacial score (nSPS) is 19.3. The Morgan fingerprint density at radius 1 is 0.500 bits per heavy atom. The number of carbonyl (C=O) groups excluding carboxylic acids is 6. The highest BCUT2D eigenvalue weighted by Gasteiger charge is 2.33. The molecule has 0 aliphatic rings. The first-order valence-corrected chi connectivity index (χ1v) is 9.46. The van der Waals surface area contributed by atoms with Crippen molar-refractivity contribution in [3.63, 3.8) is 0 Å². The van der Waals surface area contributed by atoms with E-state index in [0.717, 1.165) is 0 Å². The minimum Gasteiger partial charge on any atom is -0.394 e. The van der Waals surface area contributed by atoms with Crippen LogP contribution in [0.4, 0.5) is 0 Å². The van der Waals surface area contributed by atoms with E-state index in [0.29, 0.717) is 0 Å². The number of aldehydes is 6. The van der Waals surface area contributed by atoms with E-state index in [4.69, 9.17) is 29.2 Å². The Morgan fingerprint density at radius 2 is 0.912 bits per heavy atom. The third kappa shape index (κ3) is 10.7. The average molecular weight is 498 g/mol. The topological polar surface area (TPSA) is 250 Å². The van der Waals surface area contributed by atoms with Crippen LogP contribution in [0.1, 0.15) is 0 Å². The summed E-state index contributed by atoms with van der Waals surface area (Å²) >= 11 is 0. The van der Waals surface area contributed by atoms with Crippen LogP contribution in [0.3, 0.4) is 0 Å². The van der Waals surface area contributed by atoms with Gasteiger partial charge < -0.3 is 63.6 Å². The first-order valence-electron chi connectivity index (χ1n) is 9.46. The molecule has 0 aromatic rings. The fraction of sp³-hybridized carbons (Fsp3) is 0.667. The van der Waals surface area contributed by atoms with Crippen molar-refractivity contribution in [3.05, 3.63) is 0 Å². The smallest absolute Gasteiger partial charge is 0.215 e. The van der Waals surface area contributed by atoms with Gasteiger partial charge in [-0.2, -0.15) is 0 Å². The SMILES string of the molecule is O=C[C@H](O[C@@H](C=O)[C@@H](CO)O[C@@H](O)C=O)O[C@H](CO)[C@H](C=O)O[C@@H](C=O)O[C@H](CO)[C@@H](O)C=O. The highest BCUT2D eigenvalue weighted by molar-refractivity contribution is 5.61. The average Bonchev–Trinajstić information content (AvgIpc) is 2.87. The number of hydrogen-bond donors (Lipinski definition) is 5. The van der Waals surface area contributed by atoms with E-state index >= 15 is 0 Å². The molecule has 5 N–H and O–H groups in total. The fourth-order valence-corrected chi connectivity index (χ4v) is 2.24. The van der Waals surface area contributed by atoms with Crippen LogP contribution in [-0.2, 0) is 52.5 Å². The van der Waals surface area contributed by atoms with Gasteiger partial charge in [0.05, 0.1) is 19.8 Å². The molecule has 0 unspecified atom stereocenters. The Balaban J connectivity index is 5.37. The van der Waals surface area contributed by atoms with E-state index in [1.54, 1.807) is 0 Å². The van der Waals surface area contributed by atoms with Gasteiger partial charge in [0.25, 0.3) is 0 Å². The molecule has 0 radical (unpaired) electrons. The highest BCUT2D eigenvalue weighted by atomic mass is 16.7. The highest BCUT2D eigenvalue weighted by Crippen LogP contribution is 2.13. The molecule has 0 aliphatic heterocycles. The maximum Gasteiger partial charge on any atom is 0.215 e. The van der Waals surface area contributed by atoms with Gasteiger partial charge in [0.1, 0.15) is 36.6 Å². The lowest BCUT2D eigenvalue weighted by Gasteiger charge is -2.30. The Labute approximate surface area is 191 Å². The lowest BCUT2D eigenvalue weighted by Crippen LogP contribution is -2.47. The molecule has 0 spiro atoms. The second-order valence-electron chi connectivity index (χ2n) is 6.21. The molecule has 0 saturated carbocycles. The summed E-state index contributed by atoms with van der Waals surface area (Å²) in [5.74, 6) is 0. The molecule has 0 aromatic heterocycles. The molecule has 34 heavy (non-hydrogen) atoms. The molecule has 0 aromatic carbocycles. The van der Waals surface area contributed by atoms with Crippen molar-refractivity contribution in [2.24, 2.45) is 0 Å². The Hall–Kier alpha value is -2.38. The van der Waals surface area contributed by atoms with Crippen molar-refractivity contribution < 1.29 is 78.0 Å². The van der Waals surface area contributed by atoms with Gasteiger partial charge in [-0.05, 0) is 0 Å². The summed E-state index contributed by atoms with van der Waals surface area (Å²) < 4.78 is 24.5. The van der Waals surface area contributed by atoms with Gasteiger partial charge >= 0.3 is 0 Å². The second-order valence-corrected chi connectivity index (χ2v) is 6.21. The fourth-order valence-electron chi connectivity index (χ4n) is 2.24. The zero-order chi connectivity index (χ0) is 26.1. The van der Waals surface area contributed by atoms with E-state index in [9.17, 15) is 44.1 Å². The molecule has 0 saturated heterocycles. The Morgan fingerprint density at radius 3 is 1.24 bits per heavy atom. The molecular formula is C18H26O16. The van der Waals surface area contributed by atoms with Crippen molar-refractivity contribution in [2.75, 3.05) is 19.8 Å². The quantitative estimate of drug-likeness (QED) is 0.0689. The zero-order valence-corrected chi connectivity index (χ0v) is 17.5. The molecule has 16 nitrogen and oxygen atoms in total. The van der Waals surface area contributed by atoms with E-state index in [1.807, 2.05) is 0 Å². The summed E-state index contributed by atoms with van der Waals surface area (Å²) in [6, 6.07) is 0. The van der Waals surface area contributed by atoms with Crippen LogP contribution < -0.4 is 0 Å². The predicted octanol–water partition coefficient (Wildman–Crippen LogP) is -5.59. The zero-order valence-electron chi connectivity index (χ0n) is 17.5. The van der Waals surface area contributed by atoms with Gasteiger partial charge in [0.2, 0.25) is 18.9 Å². The molecule has 0 fully saturated rings. The van der Waals surface area contributed by atoms with Gasteiger partial charge in [0.15, 0.2) is 37.7 Å². The molecule has 194 valence electrons. The minimum atomic E-state index is -2.03. The molecule has 0 bridgehead atoms. The van der Waals surface area contributed by atoms with Gasteiger partial charge in [-0.1, -0.05) is 0 Å². The van der Waals surface area contributed by atoms with Crippen LogP contribution in [0.15, 0.2) is 0 Å². The van der Waals surface area contributed by atoms with Crippen LogP contribution in [-0.4, -0.2) is 139 Å². The van der Waals surface area contributed by atoms with Crippen LogP contribution in [0.25, 0.3) is 0 Å². The van der Waals surface area contributed by atoms with Gasteiger partial charge in [-0.25, -0.2) is 0 Å². The number of carbonyl (C=O) groups is 6. The largest absolute Gasteiger partial charge is 0.394 e. The molecule has 16 heteroatoms. The number of hydrogen-bond acceptors (Lipinski definition) is 16. The van der Waals surface area contributed by atoms with Crippen molar-refractivity contribution in [2.45, 2.75) is 55.5 Å². The van der Waals surface area contributed by atoms with E-state index < -0.39 is 75.3 Å². The lowest BCUT2D eigenvalue weighted by atomic mass is 10.2. The summed E-state index contributed by atoms with van der Waals surface area (Å²) in [6.45, 7) is -2.88. The maximum atomic E-state index is 11.4. The molecule has 0 aliphatic carbocycles.